The molecule has 24 heavy (non-hydrogen) atoms. The van der Waals surface area contributed by atoms with Gasteiger partial charge in [0.05, 0.1) is 0 Å². The summed E-state index contributed by atoms with van der Waals surface area (Å²) in [5.74, 6) is -0.621. The first kappa shape index (κ1) is 17.7. The lowest BCUT2D eigenvalue weighted by molar-refractivity contribution is -0.138. The first-order valence-corrected chi connectivity index (χ1v) is 8.01. The normalized spacial score (nSPS) is 11.0. The van der Waals surface area contributed by atoms with Crippen molar-refractivity contribution in [2.75, 3.05) is 5.32 Å². The number of benzene rings is 2. The Bertz CT molecular complexity index is 734. The Morgan fingerprint density at radius 3 is 2.17 bits per heavy atom. The van der Waals surface area contributed by atoms with E-state index in [0.717, 1.165) is 16.7 Å². The Kier molecular flexibility index (Phi) is 5.39. The van der Waals surface area contributed by atoms with Crippen molar-refractivity contribution in [3.8, 4) is 0 Å². The quantitative estimate of drug-likeness (QED) is 0.826. The van der Waals surface area contributed by atoms with Crippen LogP contribution in [-0.2, 0) is 16.1 Å². The predicted octanol–water partition coefficient (Wildman–Crippen LogP) is 3.58. The van der Waals surface area contributed by atoms with Crippen LogP contribution in [0.5, 0.6) is 0 Å². The van der Waals surface area contributed by atoms with Crippen LogP contribution in [0, 0.1) is 19.3 Å². The zero-order chi connectivity index (χ0) is 17.7. The van der Waals surface area contributed by atoms with Gasteiger partial charge in [-0.15, -0.1) is 0 Å². The zero-order valence-corrected chi connectivity index (χ0v) is 14.6. The van der Waals surface area contributed by atoms with Crippen LogP contribution in [0.2, 0.25) is 0 Å². The summed E-state index contributed by atoms with van der Waals surface area (Å²) in [5.41, 5.74) is 2.79. The maximum Gasteiger partial charge on any atom is 0.239 e. The molecule has 0 bridgehead atoms. The molecular weight excluding hydrogens is 300 g/mol. The van der Waals surface area contributed by atoms with Gasteiger partial charge >= 0.3 is 0 Å². The SMILES string of the molecule is Cc1ccc(NC(=O)C(C)(C)C(=O)NCc2ccccc2C)cc1. The zero-order valence-electron chi connectivity index (χ0n) is 14.6. The molecule has 0 saturated carbocycles. The van der Waals surface area contributed by atoms with Crippen molar-refractivity contribution in [1.82, 2.24) is 5.32 Å². The number of anilines is 1. The second-order valence-corrected chi connectivity index (χ2v) is 6.55. The molecule has 0 atom stereocenters. The van der Waals surface area contributed by atoms with Crippen molar-refractivity contribution in [2.24, 2.45) is 5.41 Å². The van der Waals surface area contributed by atoms with Crippen molar-refractivity contribution in [1.29, 1.82) is 0 Å². The average Bonchev–Trinajstić information content (AvgIpc) is 2.55. The molecule has 2 amide bonds. The third-order valence-electron chi connectivity index (χ3n) is 4.15. The molecule has 0 aliphatic carbocycles. The first-order chi connectivity index (χ1) is 11.3. The summed E-state index contributed by atoms with van der Waals surface area (Å²) in [5, 5.41) is 5.66. The molecule has 2 aromatic carbocycles. The standard InChI is InChI=1S/C20H24N2O2/c1-14-9-11-17(12-10-14)22-19(24)20(3,4)18(23)21-13-16-8-6-5-7-15(16)2/h5-12H,13H2,1-4H3,(H,21,23)(H,22,24). The molecule has 0 aliphatic heterocycles. The van der Waals surface area contributed by atoms with Crippen LogP contribution < -0.4 is 10.6 Å². The van der Waals surface area contributed by atoms with Gasteiger partial charge in [-0.25, -0.2) is 0 Å². The van der Waals surface area contributed by atoms with E-state index in [-0.39, 0.29) is 11.8 Å². The molecule has 0 unspecified atom stereocenters. The van der Waals surface area contributed by atoms with Crippen LogP contribution in [0.25, 0.3) is 0 Å². The Balaban J connectivity index is 1.99. The fraction of sp³-hybridized carbons (Fsp3) is 0.300. The van der Waals surface area contributed by atoms with Crippen LogP contribution in [0.15, 0.2) is 48.5 Å². The molecule has 2 rings (SSSR count). The summed E-state index contributed by atoms with van der Waals surface area (Å²) in [6.45, 7) is 7.64. The van der Waals surface area contributed by atoms with Crippen LogP contribution in [0.3, 0.4) is 0 Å². The first-order valence-electron chi connectivity index (χ1n) is 8.01. The summed E-state index contributed by atoms with van der Waals surface area (Å²) in [4.78, 5) is 24.9. The van der Waals surface area contributed by atoms with Crippen molar-refractivity contribution in [3.05, 3.63) is 65.2 Å². The maximum absolute atomic E-state index is 12.5. The van der Waals surface area contributed by atoms with Gasteiger partial charge in [0.25, 0.3) is 0 Å². The highest BCUT2D eigenvalue weighted by Gasteiger charge is 2.35. The number of rotatable bonds is 5. The molecule has 2 aromatic rings. The van der Waals surface area contributed by atoms with Gasteiger partial charge in [-0.2, -0.15) is 0 Å². The summed E-state index contributed by atoms with van der Waals surface area (Å²) in [7, 11) is 0. The fourth-order valence-corrected chi connectivity index (χ4v) is 2.23. The smallest absolute Gasteiger partial charge is 0.239 e. The molecular formula is C20H24N2O2. The molecule has 0 heterocycles. The van der Waals surface area contributed by atoms with Crippen LogP contribution in [0.4, 0.5) is 5.69 Å². The molecule has 0 aliphatic rings. The molecule has 4 heteroatoms. The Morgan fingerprint density at radius 1 is 0.917 bits per heavy atom. The molecule has 0 radical (unpaired) electrons. The van der Waals surface area contributed by atoms with Crippen LogP contribution in [-0.4, -0.2) is 11.8 Å². The number of hydrogen-bond acceptors (Lipinski definition) is 2. The maximum atomic E-state index is 12.5. The Labute approximate surface area is 143 Å². The van der Waals surface area contributed by atoms with Gasteiger partial charge in [-0.05, 0) is 51.0 Å². The second kappa shape index (κ2) is 7.30. The molecule has 0 saturated heterocycles. The summed E-state index contributed by atoms with van der Waals surface area (Å²) < 4.78 is 0. The molecule has 126 valence electrons. The number of amides is 2. The summed E-state index contributed by atoms with van der Waals surface area (Å²) in [6, 6.07) is 15.3. The summed E-state index contributed by atoms with van der Waals surface area (Å²) >= 11 is 0. The largest absolute Gasteiger partial charge is 0.351 e. The van der Waals surface area contributed by atoms with E-state index in [0.29, 0.717) is 12.2 Å². The van der Waals surface area contributed by atoms with Gasteiger partial charge in [0.1, 0.15) is 5.41 Å². The van der Waals surface area contributed by atoms with Crippen molar-refractivity contribution in [3.63, 3.8) is 0 Å². The molecule has 2 N–H and O–H groups in total. The van der Waals surface area contributed by atoms with Gasteiger partial charge in [0, 0.05) is 12.2 Å². The minimum atomic E-state index is -1.16. The van der Waals surface area contributed by atoms with E-state index in [4.69, 9.17) is 0 Å². The molecule has 0 spiro atoms. The van der Waals surface area contributed by atoms with Gasteiger partial charge in [-0.3, -0.25) is 9.59 Å². The van der Waals surface area contributed by atoms with Crippen molar-refractivity contribution < 1.29 is 9.59 Å². The lowest BCUT2D eigenvalue weighted by Crippen LogP contribution is -2.44. The molecule has 0 fully saturated rings. The number of hydrogen-bond donors (Lipinski definition) is 2. The van der Waals surface area contributed by atoms with Gasteiger partial charge in [0.15, 0.2) is 0 Å². The minimum absolute atomic E-state index is 0.296. The van der Waals surface area contributed by atoms with Gasteiger partial charge < -0.3 is 10.6 Å². The van der Waals surface area contributed by atoms with E-state index >= 15 is 0 Å². The van der Waals surface area contributed by atoms with E-state index in [9.17, 15) is 9.59 Å². The van der Waals surface area contributed by atoms with Crippen LogP contribution in [0.1, 0.15) is 30.5 Å². The van der Waals surface area contributed by atoms with Gasteiger partial charge in [0.2, 0.25) is 11.8 Å². The third kappa shape index (κ3) is 4.22. The topological polar surface area (TPSA) is 58.2 Å². The van der Waals surface area contributed by atoms with Crippen molar-refractivity contribution >= 4 is 17.5 Å². The lowest BCUT2D eigenvalue weighted by Gasteiger charge is -2.23. The fourth-order valence-electron chi connectivity index (χ4n) is 2.23. The number of aryl methyl sites for hydroxylation is 2. The molecule has 4 nitrogen and oxygen atoms in total. The third-order valence-corrected chi connectivity index (χ3v) is 4.15. The number of nitrogens with one attached hydrogen (secondary N) is 2. The predicted molar refractivity (Wildman–Crippen MR) is 96.6 cm³/mol. The lowest BCUT2D eigenvalue weighted by atomic mass is 9.90. The number of carbonyl (C=O) groups is 2. The van der Waals surface area contributed by atoms with E-state index in [1.807, 2.05) is 62.4 Å². The monoisotopic (exact) mass is 324 g/mol. The van der Waals surface area contributed by atoms with Crippen LogP contribution >= 0.6 is 0 Å². The van der Waals surface area contributed by atoms with E-state index < -0.39 is 5.41 Å². The average molecular weight is 324 g/mol. The highest BCUT2D eigenvalue weighted by Crippen LogP contribution is 2.20. The minimum Gasteiger partial charge on any atom is -0.351 e. The Morgan fingerprint density at radius 2 is 1.54 bits per heavy atom. The highest BCUT2D eigenvalue weighted by atomic mass is 16.2. The van der Waals surface area contributed by atoms with Crippen molar-refractivity contribution in [2.45, 2.75) is 34.2 Å². The summed E-state index contributed by atoms with van der Waals surface area (Å²) in [6.07, 6.45) is 0. The highest BCUT2D eigenvalue weighted by molar-refractivity contribution is 6.09. The van der Waals surface area contributed by atoms with E-state index in [1.54, 1.807) is 13.8 Å². The van der Waals surface area contributed by atoms with E-state index in [2.05, 4.69) is 10.6 Å². The molecule has 0 aromatic heterocycles. The Hall–Kier alpha value is -2.62. The van der Waals surface area contributed by atoms with Gasteiger partial charge in [-0.1, -0.05) is 42.0 Å². The van der Waals surface area contributed by atoms with E-state index in [1.165, 1.54) is 0 Å². The number of carbonyl (C=O) groups excluding carboxylic acids is 2. The second-order valence-electron chi connectivity index (χ2n) is 6.55.